The van der Waals surface area contributed by atoms with Crippen LogP contribution in [0.5, 0.6) is 0 Å². The fraction of sp³-hybridized carbons (Fsp3) is 1.00. The van der Waals surface area contributed by atoms with Crippen molar-refractivity contribution in [2.24, 2.45) is 29.6 Å². The summed E-state index contributed by atoms with van der Waals surface area (Å²) in [4.78, 5) is 0. The van der Waals surface area contributed by atoms with Crippen molar-refractivity contribution in [3.8, 4) is 0 Å². The van der Waals surface area contributed by atoms with Crippen LogP contribution in [0.15, 0.2) is 0 Å². The zero-order valence-corrected chi connectivity index (χ0v) is 16.3. The molecule has 0 aromatic carbocycles. The molecule has 0 heterocycles. The van der Waals surface area contributed by atoms with Gasteiger partial charge >= 0.3 is 0 Å². The van der Waals surface area contributed by atoms with Gasteiger partial charge in [0, 0.05) is 0 Å². The predicted octanol–water partition coefficient (Wildman–Crippen LogP) is 7.72. The molecule has 5 unspecified atom stereocenters. The van der Waals surface area contributed by atoms with E-state index < -0.39 is 0 Å². The molecule has 0 amide bonds. The Kier molecular flexibility index (Phi) is 12.5. The van der Waals surface area contributed by atoms with Crippen LogP contribution in [0.4, 0.5) is 0 Å². The van der Waals surface area contributed by atoms with Crippen LogP contribution in [-0.2, 0) is 0 Å². The summed E-state index contributed by atoms with van der Waals surface area (Å²) in [5.41, 5.74) is 0. The monoisotopic (exact) mass is 296 g/mol. The summed E-state index contributed by atoms with van der Waals surface area (Å²) in [6.45, 7) is 17.0. The molecule has 0 heteroatoms. The molecule has 0 radical (unpaired) electrons. The molecule has 0 saturated carbocycles. The van der Waals surface area contributed by atoms with Gasteiger partial charge in [0.2, 0.25) is 0 Å². The highest BCUT2D eigenvalue weighted by Gasteiger charge is 2.28. The molecule has 0 aliphatic rings. The van der Waals surface area contributed by atoms with Crippen LogP contribution in [0.2, 0.25) is 0 Å². The van der Waals surface area contributed by atoms with Gasteiger partial charge in [-0.2, -0.15) is 0 Å². The SMILES string of the molecule is CCCCCCCCC(C)C(C)C(CC)C(C)C(C)CC. The summed E-state index contributed by atoms with van der Waals surface area (Å²) >= 11 is 0. The van der Waals surface area contributed by atoms with E-state index in [1.165, 1.54) is 57.8 Å². The van der Waals surface area contributed by atoms with Crippen molar-refractivity contribution in [2.75, 3.05) is 0 Å². The second kappa shape index (κ2) is 12.5. The maximum Gasteiger partial charge on any atom is -0.0360 e. The normalized spacial score (nSPS) is 19.0. The molecule has 0 rings (SSSR count). The first-order valence-electron chi connectivity index (χ1n) is 9.99. The summed E-state index contributed by atoms with van der Waals surface area (Å²) in [5.74, 6) is 4.44. The number of hydrogen-bond acceptors (Lipinski definition) is 0. The fourth-order valence-corrected chi connectivity index (χ4v) is 3.95. The lowest BCUT2D eigenvalue weighted by atomic mass is 9.70. The van der Waals surface area contributed by atoms with Crippen molar-refractivity contribution < 1.29 is 0 Å². The number of rotatable bonds is 13. The van der Waals surface area contributed by atoms with Gasteiger partial charge in [-0.25, -0.2) is 0 Å². The van der Waals surface area contributed by atoms with Crippen molar-refractivity contribution in [1.29, 1.82) is 0 Å². The Bertz CT molecular complexity index is 220. The first kappa shape index (κ1) is 21.0. The Morgan fingerprint density at radius 2 is 1.10 bits per heavy atom. The first-order valence-corrected chi connectivity index (χ1v) is 9.99. The molecule has 0 aliphatic carbocycles. The van der Waals surface area contributed by atoms with Crippen LogP contribution < -0.4 is 0 Å². The average molecular weight is 297 g/mol. The van der Waals surface area contributed by atoms with E-state index in [9.17, 15) is 0 Å². The van der Waals surface area contributed by atoms with Crippen LogP contribution >= 0.6 is 0 Å². The van der Waals surface area contributed by atoms with Crippen LogP contribution in [0.1, 0.15) is 106 Å². The highest BCUT2D eigenvalue weighted by atomic mass is 14.3. The standard InChI is InChI=1S/C21H44/c1-8-11-12-13-14-15-16-18(5)20(7)21(10-3)19(6)17(4)9-2/h17-21H,8-16H2,1-7H3. The van der Waals surface area contributed by atoms with Gasteiger partial charge in [-0.1, -0.05) is 106 Å². The van der Waals surface area contributed by atoms with Crippen LogP contribution in [0.25, 0.3) is 0 Å². The molecule has 5 atom stereocenters. The van der Waals surface area contributed by atoms with Gasteiger partial charge in [0.1, 0.15) is 0 Å². The topological polar surface area (TPSA) is 0 Å². The highest BCUT2D eigenvalue weighted by Crippen LogP contribution is 2.36. The fourth-order valence-electron chi connectivity index (χ4n) is 3.95. The van der Waals surface area contributed by atoms with Gasteiger partial charge in [0.25, 0.3) is 0 Å². The number of hydrogen-bond donors (Lipinski definition) is 0. The molecule has 0 saturated heterocycles. The van der Waals surface area contributed by atoms with Crippen molar-refractivity contribution in [2.45, 2.75) is 106 Å². The quantitative estimate of drug-likeness (QED) is 0.305. The minimum absolute atomic E-state index is 0.874. The van der Waals surface area contributed by atoms with E-state index in [-0.39, 0.29) is 0 Å². The zero-order chi connectivity index (χ0) is 16.3. The van der Waals surface area contributed by atoms with Crippen LogP contribution in [0, 0.1) is 29.6 Å². The van der Waals surface area contributed by atoms with Gasteiger partial charge in [-0.05, 0) is 29.6 Å². The molecular formula is C21H44. The molecule has 0 N–H and O–H groups in total. The summed E-state index contributed by atoms with van der Waals surface area (Å²) in [7, 11) is 0. The average Bonchev–Trinajstić information content (AvgIpc) is 2.49. The Hall–Kier alpha value is 0. The summed E-state index contributed by atoms with van der Waals surface area (Å²) in [6, 6.07) is 0. The van der Waals surface area contributed by atoms with Crippen LogP contribution in [-0.4, -0.2) is 0 Å². The van der Waals surface area contributed by atoms with Crippen LogP contribution in [0.3, 0.4) is 0 Å². The molecule has 21 heavy (non-hydrogen) atoms. The summed E-state index contributed by atoms with van der Waals surface area (Å²) in [5, 5.41) is 0. The van der Waals surface area contributed by atoms with Gasteiger partial charge in [-0.3, -0.25) is 0 Å². The third kappa shape index (κ3) is 8.27. The van der Waals surface area contributed by atoms with Crippen molar-refractivity contribution in [3.63, 3.8) is 0 Å². The third-order valence-corrected chi connectivity index (χ3v) is 6.27. The lowest BCUT2D eigenvalue weighted by Gasteiger charge is -2.35. The van der Waals surface area contributed by atoms with Gasteiger partial charge in [0.15, 0.2) is 0 Å². The van der Waals surface area contributed by atoms with Gasteiger partial charge in [-0.15, -0.1) is 0 Å². The Morgan fingerprint density at radius 1 is 0.571 bits per heavy atom. The maximum atomic E-state index is 2.52. The minimum atomic E-state index is 0.874. The summed E-state index contributed by atoms with van der Waals surface area (Å²) < 4.78 is 0. The number of unbranched alkanes of at least 4 members (excludes halogenated alkanes) is 5. The van der Waals surface area contributed by atoms with Gasteiger partial charge in [0.05, 0.1) is 0 Å². The van der Waals surface area contributed by atoms with E-state index in [0.29, 0.717) is 0 Å². The first-order chi connectivity index (χ1) is 9.99. The smallest absolute Gasteiger partial charge is 0.0360 e. The second-order valence-electron chi connectivity index (χ2n) is 7.71. The molecule has 0 aliphatic heterocycles. The Morgan fingerprint density at radius 3 is 1.62 bits per heavy atom. The largest absolute Gasteiger partial charge is 0.0654 e. The predicted molar refractivity (Wildman–Crippen MR) is 98.7 cm³/mol. The third-order valence-electron chi connectivity index (χ3n) is 6.27. The van der Waals surface area contributed by atoms with Gasteiger partial charge < -0.3 is 0 Å². The lowest BCUT2D eigenvalue weighted by molar-refractivity contribution is 0.140. The molecule has 0 bridgehead atoms. The maximum absolute atomic E-state index is 2.52. The Labute approximate surface area is 136 Å². The highest BCUT2D eigenvalue weighted by molar-refractivity contribution is 4.77. The summed E-state index contributed by atoms with van der Waals surface area (Å²) in [6.07, 6.45) is 12.7. The zero-order valence-electron chi connectivity index (χ0n) is 16.3. The molecular weight excluding hydrogens is 252 g/mol. The van der Waals surface area contributed by atoms with Crippen molar-refractivity contribution in [1.82, 2.24) is 0 Å². The second-order valence-corrected chi connectivity index (χ2v) is 7.71. The lowest BCUT2D eigenvalue weighted by Crippen LogP contribution is -2.28. The van der Waals surface area contributed by atoms with E-state index in [1.807, 2.05) is 0 Å². The van der Waals surface area contributed by atoms with E-state index in [2.05, 4.69) is 48.5 Å². The minimum Gasteiger partial charge on any atom is -0.0654 e. The van der Waals surface area contributed by atoms with E-state index >= 15 is 0 Å². The van der Waals surface area contributed by atoms with Crippen molar-refractivity contribution in [3.05, 3.63) is 0 Å². The molecule has 0 aromatic rings. The molecule has 0 aromatic heterocycles. The molecule has 128 valence electrons. The Balaban J connectivity index is 4.11. The molecule has 0 fully saturated rings. The molecule has 0 nitrogen and oxygen atoms in total. The van der Waals surface area contributed by atoms with Crippen molar-refractivity contribution >= 4 is 0 Å². The van der Waals surface area contributed by atoms with E-state index in [1.54, 1.807) is 0 Å². The molecule has 0 spiro atoms. The van der Waals surface area contributed by atoms with E-state index in [4.69, 9.17) is 0 Å². The van der Waals surface area contributed by atoms with E-state index in [0.717, 1.165) is 29.6 Å².